The molecule has 25 heavy (non-hydrogen) atoms. The minimum absolute atomic E-state index is 0.0641. The van der Waals surface area contributed by atoms with Gasteiger partial charge in [-0.1, -0.05) is 48.5 Å². The maximum absolute atomic E-state index is 12.1. The van der Waals surface area contributed by atoms with Crippen molar-refractivity contribution in [2.24, 2.45) is 5.50 Å². The molecule has 0 aromatic heterocycles. The highest BCUT2D eigenvalue weighted by Gasteiger charge is 2.28. The summed E-state index contributed by atoms with van der Waals surface area (Å²) in [4.78, 5) is 39.1. The number of fused-ring (bicyclic) bond motifs is 2. The van der Waals surface area contributed by atoms with Gasteiger partial charge in [0.05, 0.1) is 0 Å². The zero-order valence-electron chi connectivity index (χ0n) is 13.7. The van der Waals surface area contributed by atoms with Gasteiger partial charge in [-0.3, -0.25) is 15.1 Å². The average molecular weight is 360 g/mol. The Bertz CT molecular complexity index is 629. The van der Waals surface area contributed by atoms with Crippen molar-refractivity contribution in [1.82, 2.24) is 5.32 Å². The molecule has 4 rings (SSSR count). The van der Waals surface area contributed by atoms with E-state index in [1.54, 1.807) is 48.5 Å². The monoisotopic (exact) mass is 360 g/mol. The van der Waals surface area contributed by atoms with Crippen LogP contribution >= 0.6 is 8.53 Å². The molecule has 0 spiro atoms. The predicted molar refractivity (Wildman–Crippen MR) is 97.4 cm³/mol. The van der Waals surface area contributed by atoms with Gasteiger partial charge in [-0.25, -0.2) is 0 Å². The Balaban J connectivity index is 0.000000207. The van der Waals surface area contributed by atoms with Crippen LogP contribution in [0, 0.1) is 0 Å². The maximum atomic E-state index is 12.1. The largest absolute Gasteiger partial charge is 0.338 e. The molecule has 1 heterocycles. The summed E-state index contributed by atoms with van der Waals surface area (Å²) in [5.74, 6) is -0.128. The van der Waals surface area contributed by atoms with Crippen LogP contribution in [0.3, 0.4) is 0 Å². The van der Waals surface area contributed by atoms with E-state index in [2.05, 4.69) is 10.8 Å². The highest BCUT2D eigenvalue weighted by atomic mass is 31.2. The molecule has 0 atom stereocenters. The summed E-state index contributed by atoms with van der Waals surface area (Å²) in [6.45, 7) is 2.50. The van der Waals surface area contributed by atoms with E-state index in [4.69, 9.17) is 9.79 Å². The molecule has 0 radical (unpaired) electrons. The van der Waals surface area contributed by atoms with Gasteiger partial charge in [0.2, 0.25) is 8.53 Å². The summed E-state index contributed by atoms with van der Waals surface area (Å²) in [7, 11) is -2.12. The standard InChI is InChI=1S/C14H8O2.C4H9N.H4NO2P/c15-13-9-5-1-2-6-10(9)14(16)12-8-4-3-7-11(12)13;1-2-4-5-3-1;1-4(2)3/h1-8H;5H,1-4H2;2-3H,1H2. The lowest BCUT2D eigenvalue weighted by Crippen LogP contribution is -2.20. The molecule has 0 unspecified atom stereocenters. The maximum Gasteiger partial charge on any atom is 0.247 e. The normalized spacial score (nSPS) is 14.7. The van der Waals surface area contributed by atoms with Gasteiger partial charge >= 0.3 is 0 Å². The Morgan fingerprint density at radius 2 is 1.04 bits per heavy atom. The minimum Gasteiger partial charge on any atom is -0.338 e. The van der Waals surface area contributed by atoms with E-state index in [0.29, 0.717) is 22.3 Å². The second-order valence-electron chi connectivity index (χ2n) is 5.53. The number of rotatable bonds is 0. The van der Waals surface area contributed by atoms with E-state index in [1.165, 1.54) is 25.9 Å². The van der Waals surface area contributed by atoms with Crippen LogP contribution in [0.4, 0.5) is 0 Å². The van der Waals surface area contributed by atoms with Gasteiger partial charge in [-0.15, -0.1) is 0 Å². The first kappa shape index (κ1) is 19.4. The summed E-state index contributed by atoms with van der Waals surface area (Å²) < 4.78 is 0. The highest BCUT2D eigenvalue weighted by molar-refractivity contribution is 7.42. The molecule has 2 aromatic rings. The summed E-state index contributed by atoms with van der Waals surface area (Å²) in [6, 6.07) is 13.9. The molecule has 1 fully saturated rings. The van der Waals surface area contributed by atoms with E-state index < -0.39 is 8.53 Å². The highest BCUT2D eigenvalue weighted by Crippen LogP contribution is 2.26. The molecular formula is C18H21N2O4P. The second kappa shape index (κ2) is 9.51. The quantitative estimate of drug-likeness (QED) is 0.456. The summed E-state index contributed by atoms with van der Waals surface area (Å²) in [6.07, 6.45) is 2.78. The lowest BCUT2D eigenvalue weighted by atomic mass is 9.84. The van der Waals surface area contributed by atoms with Crippen molar-refractivity contribution in [1.29, 1.82) is 0 Å². The number of ketones is 2. The Morgan fingerprint density at radius 1 is 0.760 bits per heavy atom. The molecule has 2 aromatic carbocycles. The van der Waals surface area contributed by atoms with Crippen molar-refractivity contribution in [2.75, 3.05) is 13.1 Å². The molecule has 1 aliphatic heterocycles. The SMILES string of the molecule is C1CCNC1.NP(O)O.O=C1c2ccccc2C(=O)c2ccccc21. The van der Waals surface area contributed by atoms with Crippen molar-refractivity contribution < 1.29 is 19.4 Å². The van der Waals surface area contributed by atoms with E-state index in [9.17, 15) is 9.59 Å². The lowest BCUT2D eigenvalue weighted by Gasteiger charge is -2.16. The number of nitrogens with two attached hydrogens (primary N) is 1. The average Bonchev–Trinajstić information content (AvgIpc) is 3.19. The van der Waals surface area contributed by atoms with E-state index >= 15 is 0 Å². The fourth-order valence-corrected chi connectivity index (χ4v) is 2.67. The molecule has 2 aliphatic rings. The van der Waals surface area contributed by atoms with Crippen molar-refractivity contribution in [2.45, 2.75) is 12.8 Å². The number of benzene rings is 2. The fourth-order valence-electron chi connectivity index (χ4n) is 2.67. The van der Waals surface area contributed by atoms with Crippen LogP contribution in [0.1, 0.15) is 44.7 Å². The zero-order chi connectivity index (χ0) is 18.2. The Labute approximate surface area is 147 Å². The van der Waals surface area contributed by atoms with Gasteiger partial charge in [0.25, 0.3) is 0 Å². The van der Waals surface area contributed by atoms with Crippen LogP contribution in [0.25, 0.3) is 0 Å². The van der Waals surface area contributed by atoms with Crippen LogP contribution in [0.15, 0.2) is 48.5 Å². The minimum atomic E-state index is -2.12. The van der Waals surface area contributed by atoms with Gasteiger partial charge in [-0.05, 0) is 25.9 Å². The van der Waals surface area contributed by atoms with Crippen LogP contribution in [-0.2, 0) is 0 Å². The first-order valence-corrected chi connectivity index (χ1v) is 9.24. The van der Waals surface area contributed by atoms with Gasteiger partial charge in [0, 0.05) is 22.3 Å². The molecule has 6 nitrogen and oxygen atoms in total. The number of carbonyl (C=O) groups is 2. The Morgan fingerprint density at radius 3 is 1.24 bits per heavy atom. The van der Waals surface area contributed by atoms with Gasteiger partial charge in [-0.2, -0.15) is 0 Å². The molecule has 1 aliphatic carbocycles. The van der Waals surface area contributed by atoms with Gasteiger partial charge < -0.3 is 15.1 Å². The number of carbonyl (C=O) groups excluding carboxylic acids is 2. The molecule has 0 bridgehead atoms. The van der Waals surface area contributed by atoms with E-state index in [-0.39, 0.29) is 11.6 Å². The smallest absolute Gasteiger partial charge is 0.247 e. The van der Waals surface area contributed by atoms with Crippen molar-refractivity contribution in [3.8, 4) is 0 Å². The molecular weight excluding hydrogens is 339 g/mol. The van der Waals surface area contributed by atoms with Crippen LogP contribution in [0.2, 0.25) is 0 Å². The fraction of sp³-hybridized carbons (Fsp3) is 0.222. The lowest BCUT2D eigenvalue weighted by molar-refractivity contribution is 0.0979. The third kappa shape index (κ3) is 5.26. The number of nitrogens with one attached hydrogen (secondary N) is 1. The van der Waals surface area contributed by atoms with Gasteiger partial charge in [0.15, 0.2) is 11.6 Å². The zero-order valence-corrected chi connectivity index (χ0v) is 14.6. The topological polar surface area (TPSA) is 113 Å². The molecule has 0 saturated carbocycles. The molecule has 132 valence electrons. The molecule has 7 heteroatoms. The van der Waals surface area contributed by atoms with Crippen molar-refractivity contribution in [3.63, 3.8) is 0 Å². The predicted octanol–water partition coefficient (Wildman–Crippen LogP) is 1.99. The molecule has 0 amide bonds. The number of hydrogen-bond donors (Lipinski definition) is 4. The van der Waals surface area contributed by atoms with E-state index in [1.807, 2.05) is 0 Å². The second-order valence-corrected chi connectivity index (χ2v) is 6.17. The summed E-state index contributed by atoms with van der Waals surface area (Å²) in [5.41, 5.74) is 6.31. The number of hydrogen-bond acceptors (Lipinski definition) is 6. The van der Waals surface area contributed by atoms with Crippen LogP contribution in [-0.4, -0.2) is 34.4 Å². The first-order valence-electron chi connectivity index (χ1n) is 7.93. The molecule has 5 N–H and O–H groups in total. The van der Waals surface area contributed by atoms with E-state index in [0.717, 1.165) is 0 Å². The third-order valence-electron chi connectivity index (χ3n) is 3.79. The van der Waals surface area contributed by atoms with Crippen molar-refractivity contribution >= 4 is 20.1 Å². The summed E-state index contributed by atoms with van der Waals surface area (Å²) in [5, 5.41) is 3.22. The Hall–Kier alpha value is -1.95. The van der Waals surface area contributed by atoms with Gasteiger partial charge in [0.1, 0.15) is 0 Å². The third-order valence-corrected chi connectivity index (χ3v) is 3.79. The summed E-state index contributed by atoms with van der Waals surface area (Å²) >= 11 is 0. The van der Waals surface area contributed by atoms with Crippen LogP contribution < -0.4 is 10.8 Å². The molecule has 1 saturated heterocycles. The Kier molecular flexibility index (Phi) is 7.37. The van der Waals surface area contributed by atoms with Crippen molar-refractivity contribution in [3.05, 3.63) is 70.8 Å². The van der Waals surface area contributed by atoms with Crippen LogP contribution in [0.5, 0.6) is 0 Å². The first-order chi connectivity index (χ1) is 12.0.